The third-order valence-corrected chi connectivity index (χ3v) is 3.93. The number of benzene rings is 2. The lowest BCUT2D eigenvalue weighted by Crippen LogP contribution is -1.85. The first-order valence-electron chi connectivity index (χ1n) is 8.26. The first-order chi connectivity index (χ1) is 12.9. The maximum absolute atomic E-state index is 4.10. The van der Waals surface area contributed by atoms with Crippen molar-refractivity contribution in [2.45, 2.75) is 0 Å². The predicted molar refractivity (Wildman–Crippen MR) is 104 cm³/mol. The molecule has 0 N–H and O–H groups in total. The molecule has 0 aliphatic carbocycles. The molecular formula is C24H14N2. The van der Waals surface area contributed by atoms with E-state index >= 15 is 0 Å². The second kappa shape index (κ2) is 7.34. The summed E-state index contributed by atoms with van der Waals surface area (Å²) >= 11 is 0. The summed E-state index contributed by atoms with van der Waals surface area (Å²) in [5.41, 5.74) is 3.77. The summed E-state index contributed by atoms with van der Waals surface area (Å²) in [5.74, 6) is 12.9. The molecule has 0 spiro atoms. The zero-order valence-electron chi connectivity index (χ0n) is 14.0. The molecule has 0 bridgehead atoms. The second-order valence-electron chi connectivity index (χ2n) is 5.69. The van der Waals surface area contributed by atoms with Crippen LogP contribution in [0.2, 0.25) is 0 Å². The van der Waals surface area contributed by atoms with Gasteiger partial charge < -0.3 is 0 Å². The van der Waals surface area contributed by atoms with Gasteiger partial charge in [-0.1, -0.05) is 47.9 Å². The first kappa shape index (κ1) is 15.6. The van der Waals surface area contributed by atoms with Crippen LogP contribution in [-0.2, 0) is 0 Å². The van der Waals surface area contributed by atoms with Crippen LogP contribution in [0.25, 0.3) is 10.8 Å². The number of hydrogen-bond donors (Lipinski definition) is 0. The van der Waals surface area contributed by atoms with Crippen molar-refractivity contribution in [1.29, 1.82) is 0 Å². The van der Waals surface area contributed by atoms with E-state index in [0.717, 1.165) is 33.0 Å². The minimum atomic E-state index is 0.900. The van der Waals surface area contributed by atoms with Gasteiger partial charge in [0.2, 0.25) is 0 Å². The van der Waals surface area contributed by atoms with E-state index < -0.39 is 0 Å². The van der Waals surface area contributed by atoms with Gasteiger partial charge in [0.15, 0.2) is 0 Å². The molecule has 0 fully saturated rings. The third kappa shape index (κ3) is 3.46. The third-order valence-electron chi connectivity index (χ3n) is 3.93. The number of rotatable bonds is 0. The molecule has 0 saturated carbocycles. The maximum atomic E-state index is 4.10. The van der Waals surface area contributed by atoms with E-state index in [2.05, 4.69) is 45.8 Å². The summed E-state index contributed by atoms with van der Waals surface area (Å²) in [5, 5.41) is 2.20. The summed E-state index contributed by atoms with van der Waals surface area (Å²) < 4.78 is 0. The number of fused-ring (bicyclic) bond motifs is 1. The molecule has 4 rings (SSSR count). The number of pyridine rings is 2. The van der Waals surface area contributed by atoms with Crippen LogP contribution in [0.1, 0.15) is 22.3 Å². The quantitative estimate of drug-likeness (QED) is 0.446. The molecule has 2 aromatic carbocycles. The van der Waals surface area contributed by atoms with E-state index in [4.69, 9.17) is 0 Å². The Labute approximate surface area is 152 Å². The largest absolute Gasteiger partial charge is 0.263 e. The molecule has 0 radical (unpaired) electrons. The highest BCUT2D eigenvalue weighted by Gasteiger charge is 2.02. The van der Waals surface area contributed by atoms with Crippen LogP contribution >= 0.6 is 0 Å². The highest BCUT2D eigenvalue weighted by Crippen LogP contribution is 2.22. The molecule has 0 unspecified atom stereocenters. The van der Waals surface area contributed by atoms with Crippen molar-refractivity contribution in [3.05, 3.63) is 108 Å². The minimum Gasteiger partial charge on any atom is -0.263 e. The van der Waals surface area contributed by atoms with Crippen LogP contribution in [0, 0.1) is 23.7 Å². The summed E-state index contributed by atoms with van der Waals surface area (Å²) in [6.07, 6.45) is 7.03. The van der Waals surface area contributed by atoms with Gasteiger partial charge in [-0.2, -0.15) is 0 Å². The Kier molecular flexibility index (Phi) is 4.42. The van der Waals surface area contributed by atoms with Crippen LogP contribution < -0.4 is 0 Å². The number of aromatic nitrogens is 2. The lowest BCUT2D eigenvalue weighted by atomic mass is 9.99. The topological polar surface area (TPSA) is 25.8 Å². The summed E-state index contributed by atoms with van der Waals surface area (Å²) in [6.45, 7) is 0. The average molecular weight is 330 g/mol. The van der Waals surface area contributed by atoms with E-state index in [-0.39, 0.29) is 0 Å². The van der Waals surface area contributed by atoms with Crippen LogP contribution in [0.3, 0.4) is 0 Å². The van der Waals surface area contributed by atoms with Crippen LogP contribution in [-0.4, -0.2) is 9.97 Å². The predicted octanol–water partition coefficient (Wildman–Crippen LogP) is 4.43. The molecule has 2 aromatic heterocycles. The van der Waals surface area contributed by atoms with E-state index in [9.17, 15) is 0 Å². The molecular weight excluding hydrogens is 316 g/mol. The Hall–Kier alpha value is -3.88. The van der Waals surface area contributed by atoms with Gasteiger partial charge in [-0.15, -0.1) is 0 Å². The zero-order chi connectivity index (χ0) is 17.6. The highest BCUT2D eigenvalue weighted by atomic mass is 14.6. The molecule has 26 heavy (non-hydrogen) atoms. The molecule has 2 heteroatoms. The van der Waals surface area contributed by atoms with Crippen molar-refractivity contribution in [2.24, 2.45) is 0 Å². The molecule has 2 nitrogen and oxygen atoms in total. The Morgan fingerprint density at radius 3 is 1.42 bits per heavy atom. The van der Waals surface area contributed by atoms with Crippen molar-refractivity contribution >= 4 is 10.8 Å². The van der Waals surface area contributed by atoms with Gasteiger partial charge >= 0.3 is 0 Å². The standard InChI is InChI=1S/C24H14N2/c1-2-8-24-22(12-10-20-6-4-16-26-18-20)14-13-21(23(24)7-1)11-9-19-5-3-15-25-17-19/h1-8,13-18H. The van der Waals surface area contributed by atoms with Gasteiger partial charge in [-0.3, -0.25) is 9.97 Å². The minimum absolute atomic E-state index is 0.900. The van der Waals surface area contributed by atoms with E-state index in [1.54, 1.807) is 24.8 Å². The van der Waals surface area contributed by atoms with Gasteiger partial charge in [0.1, 0.15) is 0 Å². The Morgan fingerprint density at radius 2 is 1.00 bits per heavy atom. The van der Waals surface area contributed by atoms with Crippen molar-refractivity contribution in [2.75, 3.05) is 0 Å². The summed E-state index contributed by atoms with van der Waals surface area (Å²) in [4.78, 5) is 8.20. The normalized spacial score (nSPS) is 9.69. The van der Waals surface area contributed by atoms with Crippen LogP contribution in [0.4, 0.5) is 0 Å². The zero-order valence-corrected chi connectivity index (χ0v) is 14.0. The monoisotopic (exact) mass is 330 g/mol. The number of hydrogen-bond acceptors (Lipinski definition) is 2. The Balaban J connectivity index is 1.77. The first-order valence-corrected chi connectivity index (χ1v) is 8.26. The van der Waals surface area contributed by atoms with Crippen molar-refractivity contribution in [3.8, 4) is 23.7 Å². The Bertz CT molecular complexity index is 1080. The molecule has 0 saturated heterocycles. The van der Waals surface area contributed by atoms with E-state index in [1.165, 1.54) is 0 Å². The summed E-state index contributed by atoms with van der Waals surface area (Å²) in [7, 11) is 0. The van der Waals surface area contributed by atoms with Crippen LogP contribution in [0.15, 0.2) is 85.5 Å². The van der Waals surface area contributed by atoms with Gasteiger partial charge in [0.05, 0.1) is 0 Å². The van der Waals surface area contributed by atoms with Gasteiger partial charge in [0, 0.05) is 47.0 Å². The molecule has 120 valence electrons. The Morgan fingerprint density at radius 1 is 0.500 bits per heavy atom. The molecule has 0 atom stereocenters. The molecule has 0 aliphatic rings. The fraction of sp³-hybridized carbons (Fsp3) is 0. The highest BCUT2D eigenvalue weighted by molar-refractivity contribution is 5.93. The van der Waals surface area contributed by atoms with Gasteiger partial charge in [-0.25, -0.2) is 0 Å². The fourth-order valence-electron chi connectivity index (χ4n) is 2.67. The summed E-state index contributed by atoms with van der Waals surface area (Å²) in [6, 6.07) is 19.9. The van der Waals surface area contributed by atoms with E-state index in [1.807, 2.05) is 48.5 Å². The van der Waals surface area contributed by atoms with Gasteiger partial charge in [0.25, 0.3) is 0 Å². The maximum Gasteiger partial charge on any atom is 0.0432 e. The fourth-order valence-corrected chi connectivity index (χ4v) is 2.67. The molecule has 0 aliphatic heterocycles. The SMILES string of the molecule is C(#Cc1ccc(C#Cc2cccnc2)c2ccccc12)c1cccnc1. The lowest BCUT2D eigenvalue weighted by Gasteiger charge is -2.03. The van der Waals surface area contributed by atoms with Crippen molar-refractivity contribution < 1.29 is 0 Å². The molecule has 0 amide bonds. The number of nitrogens with zero attached hydrogens (tertiary/aromatic N) is 2. The second-order valence-corrected chi connectivity index (χ2v) is 5.69. The van der Waals surface area contributed by atoms with Gasteiger partial charge in [-0.05, 0) is 47.2 Å². The van der Waals surface area contributed by atoms with E-state index in [0.29, 0.717) is 0 Å². The van der Waals surface area contributed by atoms with Crippen LogP contribution in [0.5, 0.6) is 0 Å². The average Bonchev–Trinajstić information content (AvgIpc) is 2.72. The lowest BCUT2D eigenvalue weighted by molar-refractivity contribution is 1.31. The molecule has 2 heterocycles. The smallest absolute Gasteiger partial charge is 0.0432 e. The molecule has 4 aromatic rings. The van der Waals surface area contributed by atoms with Crippen molar-refractivity contribution in [1.82, 2.24) is 9.97 Å². The van der Waals surface area contributed by atoms with Crippen molar-refractivity contribution in [3.63, 3.8) is 0 Å².